The molecule has 0 aromatic heterocycles. The van der Waals surface area contributed by atoms with E-state index >= 15 is 0 Å². The molecule has 0 unspecified atom stereocenters. The molecule has 0 spiro atoms. The SMILES string of the molecule is C#CCOc1cccc(NC=C(C#N)C#N)c1. The van der Waals surface area contributed by atoms with Crippen LogP contribution in [0.25, 0.3) is 0 Å². The molecule has 4 nitrogen and oxygen atoms in total. The number of ether oxygens (including phenoxy) is 1. The van der Waals surface area contributed by atoms with E-state index in [0.29, 0.717) is 11.4 Å². The molecule has 1 aromatic rings. The van der Waals surface area contributed by atoms with Crippen LogP contribution in [0, 0.1) is 35.0 Å². The molecule has 0 saturated carbocycles. The maximum absolute atomic E-state index is 8.55. The molecule has 0 fully saturated rings. The average molecular weight is 223 g/mol. The summed E-state index contributed by atoms with van der Waals surface area (Å²) in [7, 11) is 0. The highest BCUT2D eigenvalue weighted by atomic mass is 16.5. The molecule has 0 radical (unpaired) electrons. The maximum atomic E-state index is 8.55. The summed E-state index contributed by atoms with van der Waals surface area (Å²) in [6.45, 7) is 0.195. The average Bonchev–Trinajstić information content (AvgIpc) is 2.38. The van der Waals surface area contributed by atoms with Gasteiger partial charge in [0.05, 0.1) is 0 Å². The van der Waals surface area contributed by atoms with Crippen molar-refractivity contribution in [3.8, 4) is 30.2 Å². The van der Waals surface area contributed by atoms with Gasteiger partial charge in [-0.25, -0.2) is 0 Å². The Bertz CT molecular complexity index is 525. The van der Waals surface area contributed by atoms with Crippen molar-refractivity contribution in [1.29, 1.82) is 10.5 Å². The molecule has 1 rings (SSSR count). The van der Waals surface area contributed by atoms with Crippen molar-refractivity contribution in [2.75, 3.05) is 11.9 Å². The third-order valence-electron chi connectivity index (χ3n) is 1.78. The fourth-order valence-corrected chi connectivity index (χ4v) is 1.05. The van der Waals surface area contributed by atoms with Gasteiger partial charge in [-0.05, 0) is 12.1 Å². The minimum atomic E-state index is -0.0000497. The van der Waals surface area contributed by atoms with E-state index in [-0.39, 0.29) is 12.2 Å². The van der Waals surface area contributed by atoms with Crippen LogP contribution in [0.15, 0.2) is 36.0 Å². The van der Waals surface area contributed by atoms with Gasteiger partial charge in [0, 0.05) is 18.0 Å². The predicted octanol–water partition coefficient (Wildman–Crippen LogP) is 2.04. The third kappa shape index (κ3) is 4.00. The summed E-state index contributed by atoms with van der Waals surface area (Å²) >= 11 is 0. The van der Waals surface area contributed by atoms with Gasteiger partial charge in [-0.15, -0.1) is 6.42 Å². The van der Waals surface area contributed by atoms with Gasteiger partial charge in [0.25, 0.3) is 0 Å². The van der Waals surface area contributed by atoms with Crippen molar-refractivity contribution in [3.05, 3.63) is 36.0 Å². The Morgan fingerprint density at radius 3 is 2.82 bits per heavy atom. The van der Waals surface area contributed by atoms with E-state index in [1.807, 2.05) is 0 Å². The van der Waals surface area contributed by atoms with Crippen LogP contribution < -0.4 is 10.1 Å². The summed E-state index contributed by atoms with van der Waals surface area (Å²) in [5, 5.41) is 19.9. The van der Waals surface area contributed by atoms with Crippen LogP contribution in [0.4, 0.5) is 5.69 Å². The van der Waals surface area contributed by atoms with Crippen LogP contribution in [0.2, 0.25) is 0 Å². The number of nitriles is 2. The molecular formula is C13H9N3O. The van der Waals surface area contributed by atoms with E-state index in [9.17, 15) is 0 Å². The van der Waals surface area contributed by atoms with Gasteiger partial charge in [-0.2, -0.15) is 10.5 Å². The first-order chi connectivity index (χ1) is 8.30. The highest BCUT2D eigenvalue weighted by Crippen LogP contribution is 2.17. The number of anilines is 1. The summed E-state index contributed by atoms with van der Waals surface area (Å²) < 4.78 is 5.23. The van der Waals surface area contributed by atoms with Crippen LogP contribution in [0.1, 0.15) is 0 Å². The van der Waals surface area contributed by atoms with Crippen molar-refractivity contribution in [2.24, 2.45) is 0 Å². The summed E-state index contributed by atoms with van der Waals surface area (Å²) in [6, 6.07) is 10.6. The molecule has 17 heavy (non-hydrogen) atoms. The third-order valence-corrected chi connectivity index (χ3v) is 1.78. The van der Waals surface area contributed by atoms with Crippen LogP contribution in [-0.2, 0) is 0 Å². The van der Waals surface area contributed by atoms with Gasteiger partial charge in [0.1, 0.15) is 30.1 Å². The second-order valence-electron chi connectivity index (χ2n) is 2.95. The number of allylic oxidation sites excluding steroid dienone is 1. The number of nitrogens with one attached hydrogen (secondary N) is 1. The Kier molecular flexibility index (Phi) is 4.70. The Labute approximate surface area is 99.7 Å². The topological polar surface area (TPSA) is 68.8 Å². The Balaban J connectivity index is 2.74. The minimum Gasteiger partial charge on any atom is -0.481 e. The summed E-state index contributed by atoms with van der Waals surface area (Å²) in [5.74, 6) is 2.99. The van der Waals surface area contributed by atoms with E-state index in [2.05, 4.69) is 11.2 Å². The highest BCUT2D eigenvalue weighted by molar-refractivity contribution is 5.52. The first kappa shape index (κ1) is 12.2. The standard InChI is InChI=1S/C13H9N3O/c1-2-6-17-13-5-3-4-12(7-13)16-10-11(8-14)9-15/h1,3-5,7,10,16H,6H2. The fourth-order valence-electron chi connectivity index (χ4n) is 1.05. The van der Waals surface area contributed by atoms with Gasteiger partial charge in [-0.1, -0.05) is 12.0 Å². The molecule has 0 aliphatic heterocycles. The minimum absolute atomic E-state index is 0.0000497. The van der Waals surface area contributed by atoms with Crippen LogP contribution in [0.3, 0.4) is 0 Å². The molecule has 1 aromatic carbocycles. The molecule has 0 heterocycles. The van der Waals surface area contributed by atoms with Gasteiger partial charge in [0.15, 0.2) is 0 Å². The number of benzene rings is 1. The van der Waals surface area contributed by atoms with Gasteiger partial charge < -0.3 is 10.1 Å². The van der Waals surface area contributed by atoms with Gasteiger partial charge in [-0.3, -0.25) is 0 Å². The summed E-state index contributed by atoms with van der Waals surface area (Å²) in [4.78, 5) is 0. The lowest BCUT2D eigenvalue weighted by atomic mass is 10.3. The number of hydrogen-bond donors (Lipinski definition) is 1. The molecule has 0 bridgehead atoms. The quantitative estimate of drug-likeness (QED) is 0.626. The van der Waals surface area contributed by atoms with Crippen LogP contribution >= 0.6 is 0 Å². The Hall–Kier alpha value is -2.90. The van der Waals surface area contributed by atoms with E-state index in [1.54, 1.807) is 36.4 Å². The molecule has 0 aliphatic carbocycles. The van der Waals surface area contributed by atoms with E-state index in [1.165, 1.54) is 6.20 Å². The molecule has 0 atom stereocenters. The number of hydrogen-bond acceptors (Lipinski definition) is 4. The second kappa shape index (κ2) is 6.56. The van der Waals surface area contributed by atoms with Crippen molar-refractivity contribution >= 4 is 5.69 Å². The van der Waals surface area contributed by atoms with E-state index in [0.717, 1.165) is 0 Å². The molecular weight excluding hydrogens is 214 g/mol. The number of nitrogens with zero attached hydrogens (tertiary/aromatic N) is 2. The molecule has 4 heteroatoms. The zero-order chi connectivity index (χ0) is 12.5. The van der Waals surface area contributed by atoms with Crippen molar-refractivity contribution in [2.45, 2.75) is 0 Å². The first-order valence-electron chi connectivity index (χ1n) is 4.73. The Morgan fingerprint density at radius 2 is 2.18 bits per heavy atom. The van der Waals surface area contributed by atoms with Crippen molar-refractivity contribution < 1.29 is 4.74 Å². The normalized spacial score (nSPS) is 8.06. The highest BCUT2D eigenvalue weighted by Gasteiger charge is 1.96. The molecule has 1 N–H and O–H groups in total. The monoisotopic (exact) mass is 223 g/mol. The Morgan fingerprint density at radius 1 is 1.41 bits per heavy atom. The van der Waals surface area contributed by atoms with E-state index < -0.39 is 0 Å². The smallest absolute Gasteiger partial charge is 0.148 e. The fraction of sp³-hybridized carbons (Fsp3) is 0.0769. The largest absolute Gasteiger partial charge is 0.481 e. The zero-order valence-electron chi connectivity index (χ0n) is 8.97. The molecule has 82 valence electrons. The van der Waals surface area contributed by atoms with Gasteiger partial charge in [0.2, 0.25) is 0 Å². The van der Waals surface area contributed by atoms with Gasteiger partial charge >= 0.3 is 0 Å². The van der Waals surface area contributed by atoms with Crippen LogP contribution in [-0.4, -0.2) is 6.61 Å². The summed E-state index contributed by atoms with van der Waals surface area (Å²) in [6.07, 6.45) is 6.41. The molecule has 0 saturated heterocycles. The number of rotatable bonds is 4. The van der Waals surface area contributed by atoms with Crippen LogP contribution in [0.5, 0.6) is 5.75 Å². The molecule has 0 aliphatic rings. The maximum Gasteiger partial charge on any atom is 0.148 e. The molecule has 0 amide bonds. The van der Waals surface area contributed by atoms with Crippen molar-refractivity contribution in [1.82, 2.24) is 0 Å². The van der Waals surface area contributed by atoms with Crippen molar-refractivity contribution in [3.63, 3.8) is 0 Å². The second-order valence-corrected chi connectivity index (χ2v) is 2.95. The summed E-state index contributed by atoms with van der Waals surface area (Å²) in [5.41, 5.74) is 0.711. The lowest BCUT2D eigenvalue weighted by Crippen LogP contribution is -1.95. The van der Waals surface area contributed by atoms with E-state index in [4.69, 9.17) is 21.7 Å². The zero-order valence-corrected chi connectivity index (χ0v) is 8.97. The first-order valence-corrected chi connectivity index (χ1v) is 4.73. The lowest BCUT2D eigenvalue weighted by Gasteiger charge is -2.05. The number of terminal acetylenes is 1. The lowest BCUT2D eigenvalue weighted by molar-refractivity contribution is 0.370. The predicted molar refractivity (Wildman–Crippen MR) is 63.7 cm³/mol.